The van der Waals surface area contributed by atoms with Gasteiger partial charge in [0, 0.05) is 0 Å². The molecule has 2 rings (SSSR count). The average molecular weight is 500 g/mol. The van der Waals surface area contributed by atoms with Gasteiger partial charge in [0.25, 0.3) is 0 Å². The van der Waals surface area contributed by atoms with Crippen LogP contribution in [0.2, 0.25) is 0 Å². The zero-order valence-electron chi connectivity index (χ0n) is 16.0. The molecule has 0 N–H and O–H groups in total. The molecule has 4 unspecified atom stereocenters. The zero-order chi connectivity index (χ0) is 17.9. The fourth-order valence-electron chi connectivity index (χ4n) is 4.60. The van der Waals surface area contributed by atoms with Crippen LogP contribution in [0.15, 0.2) is 0 Å². The molecule has 24 heavy (non-hydrogen) atoms. The summed E-state index contributed by atoms with van der Waals surface area (Å²) in [4.78, 5) is 0. The Kier molecular flexibility index (Phi) is 13.5. The standard InChI is InChI=1S/C19H36N2.2BrH.Ti/c1-14-8-5-9-15(2)18(14)20-12-7-13-21-19-16(3)10-6-11-17(19)4;;;/h14-19H,5-13H2,1-4H3;2*1H;/q-2;;;+2/p-2. The van der Waals surface area contributed by atoms with Crippen LogP contribution >= 0.6 is 26.3 Å². The van der Waals surface area contributed by atoms with E-state index in [0.29, 0.717) is 12.1 Å². The number of hydrogen-bond acceptors (Lipinski definition) is 0. The first-order valence-corrected chi connectivity index (χ1v) is 17.5. The van der Waals surface area contributed by atoms with Crippen LogP contribution in [-0.4, -0.2) is 25.2 Å². The number of halogens is 2. The predicted molar refractivity (Wildman–Crippen MR) is 111 cm³/mol. The fraction of sp³-hybridized carbons (Fsp3) is 1.00. The molecule has 4 atom stereocenters. The third kappa shape index (κ3) is 8.52. The Morgan fingerprint density at radius 2 is 1.00 bits per heavy atom. The van der Waals surface area contributed by atoms with Crippen molar-refractivity contribution in [2.45, 2.75) is 84.7 Å². The van der Waals surface area contributed by atoms with E-state index in [0.717, 1.165) is 43.2 Å². The molecule has 0 bridgehead atoms. The van der Waals surface area contributed by atoms with E-state index in [1.165, 1.54) is 38.5 Å². The van der Waals surface area contributed by atoms with Crippen LogP contribution < -0.4 is 0 Å². The normalized spacial score (nSPS) is 36.6. The van der Waals surface area contributed by atoms with Gasteiger partial charge in [0.05, 0.1) is 0 Å². The van der Waals surface area contributed by atoms with Crippen molar-refractivity contribution in [1.82, 2.24) is 0 Å². The summed E-state index contributed by atoms with van der Waals surface area (Å²) in [6, 6.07) is 1.23. The monoisotopic (exact) mass is 498 g/mol. The van der Waals surface area contributed by atoms with Crippen molar-refractivity contribution in [1.29, 1.82) is 0 Å². The number of nitrogens with zero attached hydrogens (tertiary/aromatic N) is 2. The van der Waals surface area contributed by atoms with Crippen molar-refractivity contribution in [3.05, 3.63) is 10.6 Å². The minimum absolute atomic E-state index is 0.125. The summed E-state index contributed by atoms with van der Waals surface area (Å²) in [6.45, 7) is 11.6. The molecule has 0 aliphatic heterocycles. The van der Waals surface area contributed by atoms with Crippen LogP contribution in [0.5, 0.6) is 0 Å². The molecule has 0 heterocycles. The first kappa shape index (κ1) is 23.6. The average Bonchev–Trinajstić information content (AvgIpc) is 2.53. The molecular weight excluding hydrogens is 464 g/mol. The second-order valence-electron chi connectivity index (χ2n) is 7.99. The first-order valence-electron chi connectivity index (χ1n) is 9.80. The number of hydrogen-bond donors (Lipinski definition) is 0. The molecule has 0 aromatic rings. The van der Waals surface area contributed by atoms with Crippen molar-refractivity contribution in [3.63, 3.8) is 0 Å². The molecule has 2 saturated carbocycles. The Balaban J connectivity index is 0.000000891. The summed E-state index contributed by atoms with van der Waals surface area (Å²) in [7, 11) is 0. The Morgan fingerprint density at radius 1 is 0.708 bits per heavy atom. The molecule has 142 valence electrons. The van der Waals surface area contributed by atoms with Crippen molar-refractivity contribution in [3.8, 4) is 0 Å². The fourth-order valence-corrected chi connectivity index (χ4v) is 4.60. The summed E-state index contributed by atoms with van der Waals surface area (Å²) in [5.74, 6) is 3.18. The molecule has 2 aliphatic rings. The van der Waals surface area contributed by atoms with E-state index in [9.17, 15) is 0 Å². The zero-order valence-corrected chi connectivity index (χ0v) is 20.7. The third-order valence-electron chi connectivity index (χ3n) is 5.97. The second-order valence-corrected chi connectivity index (χ2v) is 15.9. The van der Waals surface area contributed by atoms with Gasteiger partial charge in [-0.3, -0.25) is 0 Å². The van der Waals surface area contributed by atoms with Gasteiger partial charge in [-0.25, -0.2) is 0 Å². The summed E-state index contributed by atoms with van der Waals surface area (Å²) in [5.41, 5.74) is 0. The van der Waals surface area contributed by atoms with Crippen LogP contribution in [0.3, 0.4) is 0 Å². The Hall–Kier alpha value is 1.59. The second kappa shape index (κ2) is 13.7. The molecule has 0 amide bonds. The summed E-state index contributed by atoms with van der Waals surface area (Å²) >= 11 is 6.50. The van der Waals surface area contributed by atoms with Crippen molar-refractivity contribution < 1.29 is 15.0 Å². The SMILES string of the molecule is CC1CCCC(C)C1[N-]CCC[N-]C1C(C)CCCC1C.[Br][Ti][Br]. The summed E-state index contributed by atoms with van der Waals surface area (Å²) in [5, 5.41) is 10.0. The van der Waals surface area contributed by atoms with Crippen molar-refractivity contribution in [2.75, 3.05) is 13.1 Å². The Bertz CT molecular complexity index is 272. The van der Waals surface area contributed by atoms with Crippen LogP contribution in [0, 0.1) is 23.7 Å². The van der Waals surface area contributed by atoms with Crippen molar-refractivity contribution >= 4 is 26.3 Å². The van der Waals surface area contributed by atoms with Gasteiger partial charge in [-0.15, -0.1) is 12.1 Å². The quantitative estimate of drug-likeness (QED) is 0.268. The molecule has 0 aromatic heterocycles. The molecular formula is C19H36Br2N2Ti-2. The number of rotatable bonds is 6. The van der Waals surface area contributed by atoms with E-state index in [2.05, 4.69) is 54.0 Å². The topological polar surface area (TPSA) is 28.2 Å². The van der Waals surface area contributed by atoms with Gasteiger partial charge < -0.3 is 10.6 Å². The molecule has 2 aliphatic carbocycles. The van der Waals surface area contributed by atoms with Gasteiger partial charge in [-0.1, -0.05) is 96.3 Å². The van der Waals surface area contributed by atoms with E-state index in [-0.39, 0.29) is 15.0 Å². The van der Waals surface area contributed by atoms with Gasteiger partial charge in [0.1, 0.15) is 0 Å². The van der Waals surface area contributed by atoms with Crippen LogP contribution in [0.1, 0.15) is 72.6 Å². The maximum atomic E-state index is 5.01. The van der Waals surface area contributed by atoms with Gasteiger partial charge >= 0.3 is 41.3 Å². The summed E-state index contributed by atoms with van der Waals surface area (Å²) < 4.78 is 0. The minimum atomic E-state index is 0.125. The molecule has 0 spiro atoms. The van der Waals surface area contributed by atoms with Gasteiger partial charge in [-0.05, 0) is 0 Å². The van der Waals surface area contributed by atoms with E-state index >= 15 is 0 Å². The predicted octanol–water partition coefficient (Wildman–Crippen LogP) is 7.46. The van der Waals surface area contributed by atoms with E-state index < -0.39 is 0 Å². The molecule has 2 fully saturated rings. The molecule has 0 aromatic carbocycles. The molecule has 0 saturated heterocycles. The van der Waals surface area contributed by atoms with Gasteiger partial charge in [0.15, 0.2) is 0 Å². The summed E-state index contributed by atoms with van der Waals surface area (Å²) in [6.07, 6.45) is 9.47. The third-order valence-corrected chi connectivity index (χ3v) is 5.97. The van der Waals surface area contributed by atoms with E-state index in [1.54, 1.807) is 0 Å². The van der Waals surface area contributed by atoms with Crippen LogP contribution in [-0.2, 0) is 15.0 Å². The van der Waals surface area contributed by atoms with Gasteiger partial charge in [-0.2, -0.15) is 13.1 Å². The van der Waals surface area contributed by atoms with E-state index in [4.69, 9.17) is 10.6 Å². The van der Waals surface area contributed by atoms with Crippen molar-refractivity contribution in [2.24, 2.45) is 23.7 Å². The maximum absolute atomic E-state index is 5.01. The van der Waals surface area contributed by atoms with Gasteiger partial charge in [0.2, 0.25) is 0 Å². The molecule has 5 heteroatoms. The Morgan fingerprint density at radius 3 is 1.29 bits per heavy atom. The molecule has 2 nitrogen and oxygen atoms in total. The van der Waals surface area contributed by atoms with Crippen LogP contribution in [0.4, 0.5) is 0 Å². The first-order chi connectivity index (χ1) is 11.5. The Labute approximate surface area is 172 Å². The van der Waals surface area contributed by atoms with Crippen LogP contribution in [0.25, 0.3) is 10.6 Å². The molecule has 0 radical (unpaired) electrons. The van der Waals surface area contributed by atoms with E-state index in [1.807, 2.05) is 0 Å².